The van der Waals surface area contributed by atoms with E-state index in [1.807, 2.05) is 0 Å². The summed E-state index contributed by atoms with van der Waals surface area (Å²) < 4.78 is 0. The van der Waals surface area contributed by atoms with E-state index in [0.29, 0.717) is 32.5 Å². The third kappa shape index (κ3) is 4.19. The number of hydrogen-bond donors (Lipinski definition) is 0. The minimum absolute atomic E-state index is 0.282. The standard InChI is InChI=1S/C22H18Cl2N2O2/c1-25(17-11-7-15(23)8-12-17)21(27)19-5-3-4-6-20(19)22(28)26(2)18-13-9-16(24)10-14-18/h3-14H,1-2H3. The number of rotatable bonds is 4. The second-order valence-corrected chi connectivity index (χ2v) is 7.10. The largest absolute Gasteiger partial charge is 0.311 e. The predicted octanol–water partition coefficient (Wildman–Crippen LogP) is 5.55. The number of amides is 2. The van der Waals surface area contributed by atoms with Gasteiger partial charge in [-0.1, -0.05) is 35.3 Å². The quantitative estimate of drug-likeness (QED) is 0.563. The molecule has 3 aromatic rings. The molecule has 0 atom stereocenters. The number of anilines is 2. The lowest BCUT2D eigenvalue weighted by atomic mass is 10.0. The minimum atomic E-state index is -0.282. The molecule has 3 aromatic carbocycles. The van der Waals surface area contributed by atoms with Crippen LogP contribution in [0.15, 0.2) is 72.8 Å². The van der Waals surface area contributed by atoms with Crippen LogP contribution in [0.25, 0.3) is 0 Å². The molecule has 0 saturated carbocycles. The van der Waals surface area contributed by atoms with Gasteiger partial charge in [0.1, 0.15) is 0 Å². The minimum Gasteiger partial charge on any atom is -0.311 e. The first-order valence-corrected chi connectivity index (χ1v) is 9.30. The van der Waals surface area contributed by atoms with Crippen molar-refractivity contribution in [2.75, 3.05) is 23.9 Å². The fourth-order valence-corrected chi connectivity index (χ4v) is 3.03. The second-order valence-electron chi connectivity index (χ2n) is 6.23. The van der Waals surface area contributed by atoms with Gasteiger partial charge in [0.05, 0.1) is 11.1 Å². The Kier molecular flexibility index (Phi) is 6.02. The smallest absolute Gasteiger partial charge is 0.258 e. The Balaban J connectivity index is 1.91. The summed E-state index contributed by atoms with van der Waals surface area (Å²) in [6.45, 7) is 0. The van der Waals surface area contributed by atoms with Crippen molar-refractivity contribution in [1.82, 2.24) is 0 Å². The molecule has 4 nitrogen and oxygen atoms in total. The van der Waals surface area contributed by atoms with Gasteiger partial charge in [0.25, 0.3) is 11.8 Å². The maximum Gasteiger partial charge on any atom is 0.258 e. The van der Waals surface area contributed by atoms with Crippen molar-refractivity contribution in [2.45, 2.75) is 0 Å². The van der Waals surface area contributed by atoms with Crippen LogP contribution in [0.2, 0.25) is 10.0 Å². The summed E-state index contributed by atoms with van der Waals surface area (Å²) in [6.07, 6.45) is 0. The van der Waals surface area contributed by atoms with Crippen LogP contribution < -0.4 is 9.80 Å². The maximum absolute atomic E-state index is 13.1. The van der Waals surface area contributed by atoms with Crippen molar-refractivity contribution >= 4 is 46.4 Å². The van der Waals surface area contributed by atoms with Crippen LogP contribution in [-0.4, -0.2) is 25.9 Å². The van der Waals surface area contributed by atoms with Gasteiger partial charge in [-0.3, -0.25) is 9.59 Å². The molecule has 0 aliphatic rings. The van der Waals surface area contributed by atoms with Crippen LogP contribution in [0.3, 0.4) is 0 Å². The average Bonchev–Trinajstić information content (AvgIpc) is 2.72. The van der Waals surface area contributed by atoms with E-state index >= 15 is 0 Å². The first-order chi connectivity index (χ1) is 13.4. The van der Waals surface area contributed by atoms with Crippen molar-refractivity contribution in [2.24, 2.45) is 0 Å². The SMILES string of the molecule is CN(C(=O)c1ccccc1C(=O)N(C)c1ccc(Cl)cc1)c1ccc(Cl)cc1. The Morgan fingerprint density at radius 1 is 0.607 bits per heavy atom. The molecule has 0 unspecified atom stereocenters. The Morgan fingerprint density at radius 2 is 0.929 bits per heavy atom. The molecule has 0 spiro atoms. The van der Waals surface area contributed by atoms with Crippen LogP contribution in [0.1, 0.15) is 20.7 Å². The molecule has 0 aromatic heterocycles. The van der Waals surface area contributed by atoms with Gasteiger partial charge in [0.15, 0.2) is 0 Å². The van der Waals surface area contributed by atoms with E-state index in [-0.39, 0.29) is 11.8 Å². The Bertz CT molecular complexity index is 919. The number of carbonyl (C=O) groups is 2. The van der Waals surface area contributed by atoms with Gasteiger partial charge in [-0.2, -0.15) is 0 Å². The molecule has 0 N–H and O–H groups in total. The zero-order valence-electron chi connectivity index (χ0n) is 15.4. The number of nitrogens with zero attached hydrogens (tertiary/aromatic N) is 2. The first-order valence-electron chi connectivity index (χ1n) is 8.55. The Morgan fingerprint density at radius 3 is 1.25 bits per heavy atom. The third-order valence-electron chi connectivity index (χ3n) is 4.43. The molecule has 0 saturated heterocycles. The second kappa shape index (κ2) is 8.46. The number of hydrogen-bond acceptors (Lipinski definition) is 2. The lowest BCUT2D eigenvalue weighted by molar-refractivity contribution is 0.0960. The molecule has 0 aliphatic carbocycles. The number of halogens is 2. The summed E-state index contributed by atoms with van der Waals surface area (Å²) in [6, 6.07) is 20.7. The van der Waals surface area contributed by atoms with Crippen molar-refractivity contribution < 1.29 is 9.59 Å². The summed E-state index contributed by atoms with van der Waals surface area (Å²) in [5.41, 5.74) is 2.02. The Hall–Kier alpha value is -2.82. The fourth-order valence-electron chi connectivity index (χ4n) is 2.78. The monoisotopic (exact) mass is 412 g/mol. The molecule has 3 rings (SSSR count). The maximum atomic E-state index is 13.1. The van der Waals surface area contributed by atoms with Crippen molar-refractivity contribution in [3.63, 3.8) is 0 Å². The van der Waals surface area contributed by atoms with Gasteiger partial charge in [0.2, 0.25) is 0 Å². The van der Waals surface area contributed by atoms with E-state index in [1.54, 1.807) is 86.9 Å². The fraction of sp³-hybridized carbons (Fsp3) is 0.0909. The summed E-state index contributed by atoms with van der Waals surface area (Å²) in [4.78, 5) is 29.1. The molecule has 0 fully saturated rings. The summed E-state index contributed by atoms with van der Waals surface area (Å²) in [5.74, 6) is -0.563. The molecule has 28 heavy (non-hydrogen) atoms. The molecule has 0 heterocycles. The molecule has 0 bridgehead atoms. The van der Waals surface area contributed by atoms with E-state index in [9.17, 15) is 9.59 Å². The van der Waals surface area contributed by atoms with Gasteiger partial charge in [0, 0.05) is 35.5 Å². The van der Waals surface area contributed by atoms with Crippen LogP contribution in [0, 0.1) is 0 Å². The first kappa shape index (κ1) is 19.9. The molecule has 2 amide bonds. The third-order valence-corrected chi connectivity index (χ3v) is 4.93. The van der Waals surface area contributed by atoms with Gasteiger partial charge in [-0.25, -0.2) is 0 Å². The van der Waals surface area contributed by atoms with Crippen molar-refractivity contribution in [3.8, 4) is 0 Å². The van der Waals surface area contributed by atoms with E-state index in [1.165, 1.54) is 9.80 Å². The van der Waals surface area contributed by atoms with Gasteiger partial charge >= 0.3 is 0 Å². The van der Waals surface area contributed by atoms with E-state index < -0.39 is 0 Å². The highest BCUT2D eigenvalue weighted by Crippen LogP contribution is 2.23. The van der Waals surface area contributed by atoms with E-state index in [0.717, 1.165) is 0 Å². The Labute approximate surface area is 173 Å². The lowest BCUT2D eigenvalue weighted by Crippen LogP contribution is -2.32. The highest BCUT2D eigenvalue weighted by Gasteiger charge is 2.23. The van der Waals surface area contributed by atoms with Crippen LogP contribution in [0.5, 0.6) is 0 Å². The zero-order chi connectivity index (χ0) is 20.3. The van der Waals surface area contributed by atoms with Gasteiger partial charge in [-0.15, -0.1) is 0 Å². The highest BCUT2D eigenvalue weighted by atomic mass is 35.5. The van der Waals surface area contributed by atoms with Gasteiger partial charge in [-0.05, 0) is 60.7 Å². The molecule has 142 valence electrons. The normalized spacial score (nSPS) is 10.4. The molecule has 0 radical (unpaired) electrons. The van der Waals surface area contributed by atoms with Gasteiger partial charge < -0.3 is 9.80 Å². The van der Waals surface area contributed by atoms with Crippen molar-refractivity contribution in [1.29, 1.82) is 0 Å². The zero-order valence-corrected chi connectivity index (χ0v) is 16.9. The number of carbonyl (C=O) groups excluding carboxylic acids is 2. The molecule has 6 heteroatoms. The molecule has 0 aliphatic heterocycles. The topological polar surface area (TPSA) is 40.6 Å². The van der Waals surface area contributed by atoms with E-state index in [2.05, 4.69) is 0 Å². The average molecular weight is 413 g/mol. The summed E-state index contributed by atoms with van der Waals surface area (Å²) in [7, 11) is 3.32. The van der Waals surface area contributed by atoms with E-state index in [4.69, 9.17) is 23.2 Å². The summed E-state index contributed by atoms with van der Waals surface area (Å²) in [5, 5.41) is 1.18. The number of benzene rings is 3. The lowest BCUT2D eigenvalue weighted by Gasteiger charge is -2.22. The molecular formula is C22H18Cl2N2O2. The van der Waals surface area contributed by atoms with Crippen LogP contribution >= 0.6 is 23.2 Å². The highest BCUT2D eigenvalue weighted by molar-refractivity contribution is 6.31. The predicted molar refractivity (Wildman–Crippen MR) is 115 cm³/mol. The van der Waals surface area contributed by atoms with Crippen molar-refractivity contribution in [3.05, 3.63) is 94.0 Å². The van der Waals surface area contributed by atoms with Crippen LogP contribution in [0.4, 0.5) is 11.4 Å². The van der Waals surface area contributed by atoms with Crippen LogP contribution in [-0.2, 0) is 0 Å². The molecular weight excluding hydrogens is 395 g/mol. The summed E-state index contributed by atoms with van der Waals surface area (Å²) >= 11 is 11.8.